The Bertz CT molecular complexity index is 692. The SMILES string of the molecule is C=C1C(=O)OC(c2ccc(F)cc2)C1c1ccc(Cl)cc1. The van der Waals surface area contributed by atoms with E-state index in [2.05, 4.69) is 6.58 Å². The monoisotopic (exact) mass is 302 g/mol. The average molecular weight is 303 g/mol. The van der Waals surface area contributed by atoms with Gasteiger partial charge in [0.05, 0.1) is 5.92 Å². The van der Waals surface area contributed by atoms with Gasteiger partial charge in [-0.15, -0.1) is 0 Å². The molecule has 0 bridgehead atoms. The van der Waals surface area contributed by atoms with Crippen molar-refractivity contribution in [2.75, 3.05) is 0 Å². The van der Waals surface area contributed by atoms with Crippen molar-refractivity contribution in [3.05, 3.63) is 82.6 Å². The Labute approximate surface area is 126 Å². The van der Waals surface area contributed by atoms with Crippen LogP contribution in [0.1, 0.15) is 23.1 Å². The van der Waals surface area contributed by atoms with E-state index in [9.17, 15) is 9.18 Å². The minimum Gasteiger partial charge on any atom is -0.453 e. The van der Waals surface area contributed by atoms with E-state index in [1.807, 2.05) is 12.1 Å². The van der Waals surface area contributed by atoms with Crippen LogP contribution in [0.25, 0.3) is 0 Å². The number of ether oxygens (including phenoxy) is 1. The van der Waals surface area contributed by atoms with Gasteiger partial charge in [-0.2, -0.15) is 0 Å². The summed E-state index contributed by atoms with van der Waals surface area (Å²) in [5.41, 5.74) is 2.03. The molecule has 0 N–H and O–H groups in total. The molecule has 2 unspecified atom stereocenters. The molecule has 21 heavy (non-hydrogen) atoms. The summed E-state index contributed by atoms with van der Waals surface area (Å²) in [6, 6.07) is 13.1. The molecule has 2 aromatic carbocycles. The van der Waals surface area contributed by atoms with Crippen LogP contribution in [0, 0.1) is 5.82 Å². The molecule has 106 valence electrons. The predicted octanol–water partition coefficient (Wildman–Crippen LogP) is 4.42. The zero-order chi connectivity index (χ0) is 15.0. The highest BCUT2D eigenvalue weighted by molar-refractivity contribution is 6.30. The number of carbonyl (C=O) groups is 1. The summed E-state index contributed by atoms with van der Waals surface area (Å²) in [7, 11) is 0. The molecule has 0 saturated carbocycles. The van der Waals surface area contributed by atoms with E-state index in [-0.39, 0.29) is 11.7 Å². The number of carbonyl (C=O) groups excluding carboxylic acids is 1. The van der Waals surface area contributed by atoms with Gasteiger partial charge in [0.15, 0.2) is 0 Å². The maximum Gasteiger partial charge on any atom is 0.334 e. The van der Waals surface area contributed by atoms with Crippen LogP contribution in [0.5, 0.6) is 0 Å². The van der Waals surface area contributed by atoms with Crippen LogP contribution in [0.4, 0.5) is 4.39 Å². The van der Waals surface area contributed by atoms with Crippen LogP contribution in [0.3, 0.4) is 0 Å². The molecule has 0 aliphatic carbocycles. The number of halogens is 2. The van der Waals surface area contributed by atoms with Gasteiger partial charge >= 0.3 is 5.97 Å². The van der Waals surface area contributed by atoms with Crippen LogP contribution in [0.2, 0.25) is 5.02 Å². The van der Waals surface area contributed by atoms with Crippen molar-refractivity contribution in [1.82, 2.24) is 0 Å². The standard InChI is InChI=1S/C17H12ClFO2/c1-10-15(11-2-6-13(18)7-3-11)16(21-17(10)20)12-4-8-14(19)9-5-12/h2-9,15-16H,1H2. The lowest BCUT2D eigenvalue weighted by Crippen LogP contribution is -2.07. The van der Waals surface area contributed by atoms with Gasteiger partial charge in [0.1, 0.15) is 11.9 Å². The highest BCUT2D eigenvalue weighted by Gasteiger charge is 2.40. The van der Waals surface area contributed by atoms with Crippen LogP contribution >= 0.6 is 11.6 Å². The first-order chi connectivity index (χ1) is 10.1. The maximum atomic E-state index is 13.1. The van der Waals surface area contributed by atoms with E-state index in [1.54, 1.807) is 24.3 Å². The van der Waals surface area contributed by atoms with Gasteiger partial charge in [-0.1, -0.05) is 42.4 Å². The number of benzene rings is 2. The van der Waals surface area contributed by atoms with Crippen molar-refractivity contribution >= 4 is 17.6 Å². The lowest BCUT2D eigenvalue weighted by molar-refractivity contribution is -0.139. The van der Waals surface area contributed by atoms with Crippen LogP contribution in [0.15, 0.2) is 60.7 Å². The molecule has 1 aliphatic rings. The van der Waals surface area contributed by atoms with Crippen molar-refractivity contribution in [3.63, 3.8) is 0 Å². The second-order valence-electron chi connectivity index (χ2n) is 4.93. The smallest absolute Gasteiger partial charge is 0.334 e. The molecule has 0 radical (unpaired) electrons. The molecule has 2 aromatic rings. The molecule has 2 nitrogen and oxygen atoms in total. The molecule has 4 heteroatoms. The van der Waals surface area contributed by atoms with Gasteiger partial charge in [-0.05, 0) is 35.4 Å². The molecule has 2 atom stereocenters. The summed E-state index contributed by atoms with van der Waals surface area (Å²) in [5.74, 6) is -1.05. The number of hydrogen-bond acceptors (Lipinski definition) is 2. The van der Waals surface area contributed by atoms with Gasteiger partial charge in [0.25, 0.3) is 0 Å². The van der Waals surface area contributed by atoms with Crippen LogP contribution < -0.4 is 0 Å². The molecule has 1 aliphatic heterocycles. The van der Waals surface area contributed by atoms with E-state index in [0.29, 0.717) is 10.6 Å². The highest BCUT2D eigenvalue weighted by Crippen LogP contribution is 2.45. The number of cyclic esters (lactones) is 1. The van der Waals surface area contributed by atoms with Gasteiger partial charge in [-0.25, -0.2) is 9.18 Å². The van der Waals surface area contributed by atoms with Gasteiger partial charge in [0, 0.05) is 10.6 Å². The summed E-state index contributed by atoms with van der Waals surface area (Å²) in [5, 5.41) is 0.618. The molecule has 1 fully saturated rings. The molecule has 0 aromatic heterocycles. The summed E-state index contributed by atoms with van der Waals surface area (Å²) >= 11 is 5.89. The minimum absolute atomic E-state index is 0.291. The average Bonchev–Trinajstić information content (AvgIpc) is 2.77. The molecular formula is C17H12ClFO2. The zero-order valence-corrected chi connectivity index (χ0v) is 11.8. The van der Waals surface area contributed by atoms with E-state index in [0.717, 1.165) is 11.1 Å². The third-order valence-corrected chi connectivity index (χ3v) is 3.85. The Morgan fingerprint density at radius 3 is 2.19 bits per heavy atom. The van der Waals surface area contributed by atoms with Crippen LogP contribution in [-0.4, -0.2) is 5.97 Å². The van der Waals surface area contributed by atoms with Crippen molar-refractivity contribution < 1.29 is 13.9 Å². The Morgan fingerprint density at radius 2 is 1.57 bits per heavy atom. The van der Waals surface area contributed by atoms with E-state index in [1.165, 1.54) is 12.1 Å². The second kappa shape index (κ2) is 5.34. The van der Waals surface area contributed by atoms with Gasteiger partial charge in [-0.3, -0.25) is 0 Å². The maximum absolute atomic E-state index is 13.1. The van der Waals surface area contributed by atoms with Crippen molar-refractivity contribution in [2.45, 2.75) is 12.0 Å². The fourth-order valence-electron chi connectivity index (χ4n) is 2.53. The topological polar surface area (TPSA) is 26.3 Å². The number of rotatable bonds is 2. The van der Waals surface area contributed by atoms with Gasteiger partial charge < -0.3 is 4.74 Å². The van der Waals surface area contributed by atoms with E-state index < -0.39 is 12.1 Å². The first kappa shape index (κ1) is 13.8. The number of hydrogen-bond donors (Lipinski definition) is 0. The summed E-state index contributed by atoms with van der Waals surface area (Å²) in [6.07, 6.45) is -0.494. The van der Waals surface area contributed by atoms with Crippen LogP contribution in [-0.2, 0) is 9.53 Å². The molecule has 1 saturated heterocycles. The van der Waals surface area contributed by atoms with Crippen molar-refractivity contribution in [1.29, 1.82) is 0 Å². The third kappa shape index (κ3) is 2.57. The Morgan fingerprint density at radius 1 is 1.00 bits per heavy atom. The summed E-state index contributed by atoms with van der Waals surface area (Å²) < 4.78 is 18.5. The quantitative estimate of drug-likeness (QED) is 0.606. The fourth-order valence-corrected chi connectivity index (χ4v) is 2.65. The largest absolute Gasteiger partial charge is 0.453 e. The Kier molecular flexibility index (Phi) is 3.52. The Balaban J connectivity index is 2.02. The molecule has 3 rings (SSSR count). The predicted molar refractivity (Wildman–Crippen MR) is 78.6 cm³/mol. The fraction of sp³-hybridized carbons (Fsp3) is 0.118. The minimum atomic E-state index is -0.494. The van der Waals surface area contributed by atoms with Gasteiger partial charge in [0.2, 0.25) is 0 Å². The molecular weight excluding hydrogens is 291 g/mol. The molecule has 0 amide bonds. The number of esters is 1. The van der Waals surface area contributed by atoms with Crippen molar-refractivity contribution in [3.8, 4) is 0 Å². The zero-order valence-electron chi connectivity index (χ0n) is 11.1. The summed E-state index contributed by atoms with van der Waals surface area (Å²) in [6.45, 7) is 3.83. The first-order valence-electron chi connectivity index (χ1n) is 6.47. The first-order valence-corrected chi connectivity index (χ1v) is 6.85. The van der Waals surface area contributed by atoms with E-state index in [4.69, 9.17) is 16.3 Å². The normalized spacial score (nSPS) is 21.4. The second-order valence-corrected chi connectivity index (χ2v) is 5.37. The lowest BCUT2D eigenvalue weighted by Gasteiger charge is -2.18. The third-order valence-electron chi connectivity index (χ3n) is 3.60. The molecule has 1 heterocycles. The van der Waals surface area contributed by atoms with Crippen molar-refractivity contribution in [2.24, 2.45) is 0 Å². The Hall–Kier alpha value is -2.13. The highest BCUT2D eigenvalue weighted by atomic mass is 35.5. The van der Waals surface area contributed by atoms with E-state index >= 15 is 0 Å². The summed E-state index contributed by atoms with van der Waals surface area (Å²) in [4.78, 5) is 11.9. The lowest BCUT2D eigenvalue weighted by atomic mass is 9.86. The molecule has 0 spiro atoms.